The molecule has 0 bridgehead atoms. The molecule has 0 aliphatic heterocycles. The molecule has 1 unspecified atom stereocenters. The minimum absolute atomic E-state index is 0.106. The number of amides is 1. The van der Waals surface area contributed by atoms with Crippen molar-refractivity contribution in [3.63, 3.8) is 0 Å². The van der Waals surface area contributed by atoms with Gasteiger partial charge in [-0.1, -0.05) is 0 Å². The van der Waals surface area contributed by atoms with Crippen molar-refractivity contribution in [3.8, 4) is 0 Å². The number of carbonyl (C=O) groups is 2. The molecule has 0 saturated heterocycles. The Morgan fingerprint density at radius 1 is 1.45 bits per heavy atom. The van der Waals surface area contributed by atoms with E-state index in [9.17, 15) is 9.59 Å². The summed E-state index contributed by atoms with van der Waals surface area (Å²) in [5.74, 6) is 0.413. The van der Waals surface area contributed by atoms with Crippen LogP contribution in [0.25, 0.3) is 0 Å². The molecule has 0 fully saturated rings. The molecule has 0 aliphatic carbocycles. The molecule has 1 heterocycles. The van der Waals surface area contributed by atoms with Crippen LogP contribution in [0, 0.1) is 0 Å². The summed E-state index contributed by atoms with van der Waals surface area (Å²) in [5, 5.41) is 5.80. The van der Waals surface area contributed by atoms with E-state index < -0.39 is 0 Å². The predicted molar refractivity (Wildman–Crippen MR) is 74.0 cm³/mol. The van der Waals surface area contributed by atoms with Gasteiger partial charge in [0.1, 0.15) is 5.76 Å². The van der Waals surface area contributed by atoms with E-state index in [0.29, 0.717) is 26.0 Å². The van der Waals surface area contributed by atoms with E-state index in [2.05, 4.69) is 10.6 Å². The molecule has 0 radical (unpaired) electrons. The average Bonchev–Trinajstić information content (AvgIpc) is 2.92. The highest BCUT2D eigenvalue weighted by molar-refractivity contribution is 5.78. The standard InChI is InChI=1S/C14H22N2O4/c1-3-19-14(18)7-4-8-15-10-13(17)16-11(2)12-6-5-9-20-12/h5-6,9,11,15H,3-4,7-8,10H2,1-2H3,(H,16,17). The Hall–Kier alpha value is -1.82. The van der Waals surface area contributed by atoms with Crippen molar-refractivity contribution in [2.45, 2.75) is 32.7 Å². The Kier molecular flexibility index (Phi) is 7.42. The molecule has 1 aromatic heterocycles. The first-order chi connectivity index (χ1) is 9.63. The zero-order chi connectivity index (χ0) is 14.8. The number of rotatable bonds is 9. The van der Waals surface area contributed by atoms with Gasteiger partial charge in [0.2, 0.25) is 5.91 Å². The molecule has 1 amide bonds. The third kappa shape index (κ3) is 6.38. The third-order valence-electron chi connectivity index (χ3n) is 2.67. The highest BCUT2D eigenvalue weighted by atomic mass is 16.5. The molecule has 1 atom stereocenters. The molecule has 0 aliphatic rings. The van der Waals surface area contributed by atoms with Gasteiger partial charge in [-0.15, -0.1) is 0 Å². The second kappa shape index (κ2) is 9.14. The van der Waals surface area contributed by atoms with Crippen molar-refractivity contribution in [2.75, 3.05) is 19.7 Å². The van der Waals surface area contributed by atoms with Crippen molar-refractivity contribution in [1.29, 1.82) is 0 Å². The maximum atomic E-state index is 11.6. The van der Waals surface area contributed by atoms with E-state index in [0.717, 1.165) is 5.76 Å². The van der Waals surface area contributed by atoms with Gasteiger partial charge in [0, 0.05) is 6.42 Å². The molecule has 6 heteroatoms. The van der Waals surface area contributed by atoms with Crippen LogP contribution in [-0.2, 0) is 14.3 Å². The van der Waals surface area contributed by atoms with Gasteiger partial charge in [-0.25, -0.2) is 0 Å². The lowest BCUT2D eigenvalue weighted by atomic mass is 10.2. The maximum absolute atomic E-state index is 11.6. The van der Waals surface area contributed by atoms with Crippen molar-refractivity contribution >= 4 is 11.9 Å². The van der Waals surface area contributed by atoms with Crippen LogP contribution in [0.3, 0.4) is 0 Å². The number of esters is 1. The van der Waals surface area contributed by atoms with E-state index in [1.54, 1.807) is 19.3 Å². The second-order valence-corrected chi connectivity index (χ2v) is 4.39. The van der Waals surface area contributed by atoms with Gasteiger partial charge >= 0.3 is 5.97 Å². The van der Waals surface area contributed by atoms with Crippen LogP contribution in [0.1, 0.15) is 38.5 Å². The molecule has 0 aromatic carbocycles. The number of nitrogens with one attached hydrogen (secondary N) is 2. The topological polar surface area (TPSA) is 80.6 Å². The summed E-state index contributed by atoms with van der Waals surface area (Å²) in [6.07, 6.45) is 2.59. The largest absolute Gasteiger partial charge is 0.467 e. The fourth-order valence-electron chi connectivity index (χ4n) is 1.69. The summed E-state index contributed by atoms with van der Waals surface area (Å²) in [5.41, 5.74) is 0. The van der Waals surface area contributed by atoms with Gasteiger partial charge in [0.05, 0.1) is 25.5 Å². The maximum Gasteiger partial charge on any atom is 0.305 e. The van der Waals surface area contributed by atoms with Crippen molar-refractivity contribution in [2.24, 2.45) is 0 Å². The van der Waals surface area contributed by atoms with E-state index >= 15 is 0 Å². The fraction of sp³-hybridized carbons (Fsp3) is 0.571. The summed E-state index contributed by atoms with van der Waals surface area (Å²) in [6.45, 7) is 4.85. The van der Waals surface area contributed by atoms with Crippen LogP contribution < -0.4 is 10.6 Å². The molecular weight excluding hydrogens is 260 g/mol. The summed E-state index contributed by atoms with van der Waals surface area (Å²) in [7, 11) is 0. The highest BCUT2D eigenvalue weighted by Crippen LogP contribution is 2.11. The molecule has 1 aromatic rings. The number of furan rings is 1. The molecule has 0 saturated carbocycles. The average molecular weight is 282 g/mol. The smallest absolute Gasteiger partial charge is 0.305 e. The van der Waals surface area contributed by atoms with Crippen LogP contribution in [0.15, 0.2) is 22.8 Å². The third-order valence-corrected chi connectivity index (χ3v) is 2.67. The van der Waals surface area contributed by atoms with Crippen molar-refractivity contribution in [1.82, 2.24) is 10.6 Å². The highest BCUT2D eigenvalue weighted by Gasteiger charge is 2.11. The second-order valence-electron chi connectivity index (χ2n) is 4.39. The molecule has 112 valence electrons. The summed E-state index contributed by atoms with van der Waals surface area (Å²) in [6, 6.07) is 3.45. The Morgan fingerprint density at radius 3 is 2.90 bits per heavy atom. The van der Waals surface area contributed by atoms with Crippen molar-refractivity contribution in [3.05, 3.63) is 24.2 Å². The first-order valence-electron chi connectivity index (χ1n) is 6.82. The van der Waals surface area contributed by atoms with Gasteiger partial charge in [-0.3, -0.25) is 9.59 Å². The molecular formula is C14H22N2O4. The normalized spacial score (nSPS) is 11.9. The zero-order valence-electron chi connectivity index (χ0n) is 12.0. The van der Waals surface area contributed by atoms with Gasteiger partial charge < -0.3 is 19.8 Å². The van der Waals surface area contributed by atoms with Crippen LogP contribution in [-0.4, -0.2) is 31.6 Å². The first-order valence-corrected chi connectivity index (χ1v) is 6.82. The zero-order valence-corrected chi connectivity index (χ0v) is 12.0. The van der Waals surface area contributed by atoms with Gasteiger partial charge in [-0.05, 0) is 38.9 Å². The van der Waals surface area contributed by atoms with E-state index in [1.807, 2.05) is 13.0 Å². The molecule has 0 spiro atoms. The Balaban J connectivity index is 2.07. The SMILES string of the molecule is CCOC(=O)CCCNCC(=O)NC(C)c1ccco1. The monoisotopic (exact) mass is 282 g/mol. The lowest BCUT2D eigenvalue weighted by Gasteiger charge is -2.11. The molecule has 6 nitrogen and oxygen atoms in total. The van der Waals surface area contributed by atoms with Crippen LogP contribution in [0.2, 0.25) is 0 Å². The van der Waals surface area contributed by atoms with E-state index in [4.69, 9.17) is 9.15 Å². The first kappa shape index (κ1) is 16.2. The van der Waals surface area contributed by atoms with Gasteiger partial charge in [0.25, 0.3) is 0 Å². The number of carbonyl (C=O) groups excluding carboxylic acids is 2. The van der Waals surface area contributed by atoms with E-state index in [-0.39, 0.29) is 24.5 Å². The lowest BCUT2D eigenvalue weighted by molar-refractivity contribution is -0.143. The number of ether oxygens (including phenoxy) is 1. The molecule has 2 N–H and O–H groups in total. The van der Waals surface area contributed by atoms with Crippen LogP contribution in [0.4, 0.5) is 0 Å². The summed E-state index contributed by atoms with van der Waals surface area (Å²) >= 11 is 0. The lowest BCUT2D eigenvalue weighted by Crippen LogP contribution is -2.35. The van der Waals surface area contributed by atoms with E-state index in [1.165, 1.54) is 0 Å². The summed E-state index contributed by atoms with van der Waals surface area (Å²) in [4.78, 5) is 22.7. The minimum atomic E-state index is -0.204. The Morgan fingerprint density at radius 2 is 2.25 bits per heavy atom. The van der Waals surface area contributed by atoms with Gasteiger partial charge in [-0.2, -0.15) is 0 Å². The Bertz CT molecular complexity index is 403. The number of hydrogen-bond acceptors (Lipinski definition) is 5. The van der Waals surface area contributed by atoms with Crippen LogP contribution >= 0.6 is 0 Å². The van der Waals surface area contributed by atoms with Crippen LogP contribution in [0.5, 0.6) is 0 Å². The molecule has 1 rings (SSSR count). The summed E-state index contributed by atoms with van der Waals surface area (Å²) < 4.78 is 10.0. The fourth-order valence-corrected chi connectivity index (χ4v) is 1.69. The van der Waals surface area contributed by atoms with Crippen molar-refractivity contribution < 1.29 is 18.7 Å². The Labute approximate surface area is 118 Å². The van der Waals surface area contributed by atoms with Gasteiger partial charge in [0.15, 0.2) is 0 Å². The molecule has 20 heavy (non-hydrogen) atoms. The predicted octanol–water partition coefficient (Wildman–Crippen LogP) is 1.39. The quantitative estimate of drug-likeness (QED) is 0.528. The number of hydrogen-bond donors (Lipinski definition) is 2. The minimum Gasteiger partial charge on any atom is -0.467 e.